The summed E-state index contributed by atoms with van der Waals surface area (Å²) < 4.78 is 63.6. The molecule has 2 rings (SSSR count). The fourth-order valence-electron chi connectivity index (χ4n) is 1.72. The molecule has 0 bridgehead atoms. The molecule has 2 aromatic rings. The maximum atomic E-state index is 12.4. The third kappa shape index (κ3) is 3.99. The van der Waals surface area contributed by atoms with Crippen LogP contribution in [0.4, 0.5) is 18.9 Å². The predicted molar refractivity (Wildman–Crippen MR) is 76.3 cm³/mol. The fraction of sp³-hybridized carbons (Fsp3) is 0.143. The van der Waals surface area contributed by atoms with Gasteiger partial charge in [-0.2, -0.15) is 13.2 Å². The molecule has 4 nitrogen and oxygen atoms in total. The quantitative estimate of drug-likeness (QED) is 0.847. The third-order valence-electron chi connectivity index (χ3n) is 2.94. The van der Waals surface area contributed by atoms with Crippen molar-refractivity contribution in [2.24, 2.45) is 0 Å². The second-order valence-electron chi connectivity index (χ2n) is 4.59. The monoisotopic (exact) mass is 330 g/mol. The van der Waals surface area contributed by atoms with Crippen LogP contribution in [0.15, 0.2) is 53.4 Å². The summed E-state index contributed by atoms with van der Waals surface area (Å²) in [5.41, 5.74) is 5.55. The Morgan fingerprint density at radius 2 is 1.50 bits per heavy atom. The number of rotatable bonds is 4. The summed E-state index contributed by atoms with van der Waals surface area (Å²) in [6, 6.07) is 9.89. The van der Waals surface area contributed by atoms with Gasteiger partial charge in [-0.1, -0.05) is 12.1 Å². The molecule has 0 aromatic heterocycles. The molecule has 0 saturated heterocycles. The first-order chi connectivity index (χ1) is 10.2. The minimum atomic E-state index is -4.41. The lowest BCUT2D eigenvalue weighted by Crippen LogP contribution is -2.23. The van der Waals surface area contributed by atoms with E-state index in [-0.39, 0.29) is 11.4 Å². The van der Waals surface area contributed by atoms with Gasteiger partial charge in [0.25, 0.3) is 0 Å². The van der Waals surface area contributed by atoms with E-state index in [2.05, 4.69) is 4.72 Å². The van der Waals surface area contributed by atoms with Crippen LogP contribution < -0.4 is 10.5 Å². The van der Waals surface area contributed by atoms with Gasteiger partial charge in [-0.15, -0.1) is 0 Å². The maximum Gasteiger partial charge on any atom is 0.416 e. The number of nitrogens with one attached hydrogen (secondary N) is 1. The molecule has 0 aliphatic heterocycles. The zero-order valence-electron chi connectivity index (χ0n) is 11.3. The zero-order valence-corrected chi connectivity index (χ0v) is 12.1. The van der Waals surface area contributed by atoms with Crippen molar-refractivity contribution < 1.29 is 21.6 Å². The molecule has 0 spiro atoms. The second kappa shape index (κ2) is 5.98. The first-order valence-corrected chi connectivity index (χ1v) is 7.68. The number of nitrogen functional groups attached to an aromatic ring is 1. The van der Waals surface area contributed by atoms with Crippen molar-refractivity contribution in [1.82, 2.24) is 4.72 Å². The summed E-state index contributed by atoms with van der Waals surface area (Å²) in [7, 11) is -3.74. The highest BCUT2D eigenvalue weighted by molar-refractivity contribution is 7.89. The zero-order chi connectivity index (χ0) is 16.4. The summed E-state index contributed by atoms with van der Waals surface area (Å²) in [5, 5.41) is 0. The van der Waals surface area contributed by atoms with Crippen LogP contribution >= 0.6 is 0 Å². The predicted octanol–water partition coefficient (Wildman–Crippen LogP) is 2.77. The van der Waals surface area contributed by atoms with E-state index in [1.165, 1.54) is 36.4 Å². The van der Waals surface area contributed by atoms with E-state index in [0.717, 1.165) is 12.1 Å². The van der Waals surface area contributed by atoms with Gasteiger partial charge in [0.2, 0.25) is 10.0 Å². The Morgan fingerprint density at radius 3 is 2.00 bits per heavy atom. The Morgan fingerprint density at radius 1 is 0.955 bits per heavy atom. The van der Waals surface area contributed by atoms with E-state index in [1.807, 2.05) is 0 Å². The molecule has 8 heteroatoms. The van der Waals surface area contributed by atoms with Gasteiger partial charge in [0, 0.05) is 12.2 Å². The summed E-state index contributed by atoms with van der Waals surface area (Å²) >= 11 is 0. The fourth-order valence-corrected chi connectivity index (χ4v) is 2.74. The van der Waals surface area contributed by atoms with Crippen molar-refractivity contribution in [3.63, 3.8) is 0 Å². The van der Waals surface area contributed by atoms with Gasteiger partial charge in [-0.25, -0.2) is 13.1 Å². The molecule has 0 aliphatic carbocycles. The van der Waals surface area contributed by atoms with E-state index in [9.17, 15) is 21.6 Å². The number of nitrogens with two attached hydrogens (primary N) is 1. The first kappa shape index (κ1) is 16.3. The van der Waals surface area contributed by atoms with Crippen molar-refractivity contribution in [3.8, 4) is 0 Å². The summed E-state index contributed by atoms with van der Waals surface area (Å²) in [6.07, 6.45) is -4.41. The van der Waals surface area contributed by atoms with Gasteiger partial charge in [0.15, 0.2) is 0 Å². The molecule has 0 aliphatic rings. The average molecular weight is 330 g/mol. The van der Waals surface area contributed by atoms with E-state index in [1.54, 1.807) is 0 Å². The molecule has 2 aromatic carbocycles. The lowest BCUT2D eigenvalue weighted by atomic mass is 10.1. The van der Waals surface area contributed by atoms with Crippen molar-refractivity contribution in [1.29, 1.82) is 0 Å². The standard InChI is InChI=1S/C14H13F3N2O2S/c15-14(16,17)11-3-1-10(2-4-11)9-19-22(20,21)13-7-5-12(18)6-8-13/h1-8,19H,9,18H2. The van der Waals surface area contributed by atoms with Gasteiger partial charge in [-0.05, 0) is 42.0 Å². The molecule has 118 valence electrons. The van der Waals surface area contributed by atoms with Crippen LogP contribution in [-0.4, -0.2) is 8.42 Å². The largest absolute Gasteiger partial charge is 0.416 e. The van der Waals surface area contributed by atoms with Gasteiger partial charge in [0.1, 0.15) is 0 Å². The molecular weight excluding hydrogens is 317 g/mol. The molecule has 0 fully saturated rings. The number of anilines is 1. The Bertz CT molecular complexity index is 739. The Balaban J connectivity index is 2.07. The van der Waals surface area contributed by atoms with Gasteiger partial charge >= 0.3 is 6.18 Å². The Hall–Kier alpha value is -2.06. The van der Waals surface area contributed by atoms with Crippen LogP contribution in [0.2, 0.25) is 0 Å². The summed E-state index contributed by atoms with van der Waals surface area (Å²) in [5.74, 6) is 0. The highest BCUT2D eigenvalue weighted by atomic mass is 32.2. The van der Waals surface area contributed by atoms with E-state index in [4.69, 9.17) is 5.73 Å². The molecule has 0 saturated carbocycles. The van der Waals surface area contributed by atoms with E-state index in [0.29, 0.717) is 11.3 Å². The van der Waals surface area contributed by atoms with Crippen LogP contribution in [0.5, 0.6) is 0 Å². The number of sulfonamides is 1. The molecule has 0 amide bonds. The summed E-state index contributed by atoms with van der Waals surface area (Å²) in [6.45, 7) is -0.106. The number of benzene rings is 2. The number of alkyl halides is 3. The highest BCUT2D eigenvalue weighted by Gasteiger charge is 2.29. The van der Waals surface area contributed by atoms with Crippen LogP contribution in [0.3, 0.4) is 0 Å². The SMILES string of the molecule is Nc1ccc(S(=O)(=O)NCc2ccc(C(F)(F)F)cc2)cc1. The third-order valence-corrected chi connectivity index (χ3v) is 4.36. The lowest BCUT2D eigenvalue weighted by Gasteiger charge is -2.09. The van der Waals surface area contributed by atoms with Crippen LogP contribution in [-0.2, 0) is 22.7 Å². The van der Waals surface area contributed by atoms with Crippen molar-refractivity contribution in [2.75, 3.05) is 5.73 Å². The summed E-state index contributed by atoms with van der Waals surface area (Å²) in [4.78, 5) is 0.0358. The normalized spacial score (nSPS) is 12.3. The topological polar surface area (TPSA) is 72.2 Å². The smallest absolute Gasteiger partial charge is 0.399 e. The van der Waals surface area contributed by atoms with Gasteiger partial charge in [-0.3, -0.25) is 0 Å². The molecule has 0 radical (unpaired) electrons. The second-order valence-corrected chi connectivity index (χ2v) is 6.36. The number of halogens is 3. The average Bonchev–Trinajstić information content (AvgIpc) is 2.45. The lowest BCUT2D eigenvalue weighted by molar-refractivity contribution is -0.137. The number of hydrogen-bond acceptors (Lipinski definition) is 3. The minimum absolute atomic E-state index is 0.0358. The van der Waals surface area contributed by atoms with Gasteiger partial charge in [0.05, 0.1) is 10.5 Å². The van der Waals surface area contributed by atoms with E-state index >= 15 is 0 Å². The molecule has 0 heterocycles. The van der Waals surface area contributed by atoms with Crippen LogP contribution in [0, 0.1) is 0 Å². The Labute approximate surface area is 125 Å². The van der Waals surface area contributed by atoms with Crippen molar-refractivity contribution in [3.05, 3.63) is 59.7 Å². The number of hydrogen-bond donors (Lipinski definition) is 2. The van der Waals surface area contributed by atoms with Crippen molar-refractivity contribution >= 4 is 15.7 Å². The molecule has 3 N–H and O–H groups in total. The maximum absolute atomic E-state index is 12.4. The molecule has 0 unspecified atom stereocenters. The van der Waals surface area contributed by atoms with Crippen molar-refractivity contribution in [2.45, 2.75) is 17.6 Å². The van der Waals surface area contributed by atoms with E-state index < -0.39 is 21.8 Å². The molecular formula is C14H13F3N2O2S. The molecule has 22 heavy (non-hydrogen) atoms. The highest BCUT2D eigenvalue weighted by Crippen LogP contribution is 2.29. The first-order valence-electron chi connectivity index (χ1n) is 6.20. The minimum Gasteiger partial charge on any atom is -0.399 e. The van der Waals surface area contributed by atoms with Crippen LogP contribution in [0.25, 0.3) is 0 Å². The molecule has 0 atom stereocenters. The Kier molecular flexibility index (Phi) is 4.43. The van der Waals surface area contributed by atoms with Gasteiger partial charge < -0.3 is 5.73 Å². The van der Waals surface area contributed by atoms with Crippen LogP contribution in [0.1, 0.15) is 11.1 Å².